The second-order valence-corrected chi connectivity index (χ2v) is 10.8. The van der Waals surface area contributed by atoms with Gasteiger partial charge in [0, 0.05) is 18.0 Å². The molecule has 3 aromatic rings. The summed E-state index contributed by atoms with van der Waals surface area (Å²) >= 11 is 1.56. The Labute approximate surface area is 224 Å². The van der Waals surface area contributed by atoms with Gasteiger partial charge in [-0.1, -0.05) is 83.0 Å². The predicted molar refractivity (Wildman–Crippen MR) is 151 cm³/mol. The summed E-state index contributed by atoms with van der Waals surface area (Å²) in [5.74, 6) is 1.15. The maximum absolute atomic E-state index is 12.5. The van der Waals surface area contributed by atoms with Crippen LogP contribution in [0.1, 0.15) is 93.1 Å². The summed E-state index contributed by atoms with van der Waals surface area (Å²) in [5.41, 5.74) is 4.81. The number of para-hydroxylation sites is 2. The number of thioether (sulfide) groups is 1. The van der Waals surface area contributed by atoms with Gasteiger partial charge in [-0.2, -0.15) is 0 Å². The van der Waals surface area contributed by atoms with Gasteiger partial charge in [0.1, 0.15) is 11.1 Å². The van der Waals surface area contributed by atoms with Crippen molar-refractivity contribution in [1.82, 2.24) is 10.3 Å². The molecular weight excluding hydrogens is 486 g/mol. The average Bonchev–Trinajstić information content (AvgIpc) is 3.30. The number of hydrogen-bond donors (Lipinski definition) is 2. The number of hydrogen-bond acceptors (Lipinski definition) is 6. The van der Waals surface area contributed by atoms with E-state index in [0.717, 1.165) is 43.5 Å². The summed E-state index contributed by atoms with van der Waals surface area (Å²) in [7, 11) is 1.35. The Bertz CT molecular complexity index is 1160. The van der Waals surface area contributed by atoms with Gasteiger partial charge < -0.3 is 19.8 Å². The highest BCUT2D eigenvalue weighted by atomic mass is 32.2. The van der Waals surface area contributed by atoms with E-state index in [2.05, 4.69) is 61.5 Å². The highest BCUT2D eigenvalue weighted by molar-refractivity contribution is 7.99. The lowest BCUT2D eigenvalue weighted by Gasteiger charge is -2.20. The molecule has 1 aromatic heterocycles. The van der Waals surface area contributed by atoms with E-state index in [9.17, 15) is 9.59 Å². The zero-order chi connectivity index (χ0) is 26.8. The summed E-state index contributed by atoms with van der Waals surface area (Å²) in [6.45, 7) is 9.25. The van der Waals surface area contributed by atoms with Crippen LogP contribution in [-0.2, 0) is 4.74 Å². The van der Waals surface area contributed by atoms with Gasteiger partial charge in [0.25, 0.3) is 5.22 Å². The maximum atomic E-state index is 12.5. The Balaban J connectivity index is 1.33. The number of aromatic nitrogens is 1. The molecule has 0 saturated heterocycles. The van der Waals surface area contributed by atoms with Crippen LogP contribution in [0.4, 0.5) is 10.5 Å². The molecule has 0 bridgehead atoms. The molecule has 0 saturated carbocycles. The van der Waals surface area contributed by atoms with Crippen molar-refractivity contribution in [3.8, 4) is 0 Å². The molecule has 2 aromatic carbocycles. The largest absolute Gasteiger partial charge is 0.465 e. The van der Waals surface area contributed by atoms with Crippen molar-refractivity contribution in [2.45, 2.75) is 76.9 Å². The zero-order valence-corrected chi connectivity index (χ0v) is 23.4. The number of carbonyl (C=O) groups excluding carboxylic acids is 2. The Morgan fingerprint density at radius 3 is 2.27 bits per heavy atom. The number of anilines is 1. The molecule has 7 nitrogen and oxygen atoms in total. The third-order valence-corrected chi connectivity index (χ3v) is 7.16. The first-order valence-corrected chi connectivity index (χ1v) is 14.1. The number of urea groups is 1. The number of oxazole rings is 1. The number of fused-ring (bicyclic) bond motifs is 1. The highest BCUT2D eigenvalue weighted by Crippen LogP contribution is 2.32. The van der Waals surface area contributed by atoms with E-state index in [1.165, 1.54) is 18.2 Å². The van der Waals surface area contributed by atoms with Crippen LogP contribution in [0.15, 0.2) is 46.0 Å². The van der Waals surface area contributed by atoms with Gasteiger partial charge in [0.05, 0.1) is 7.11 Å². The molecule has 2 amide bonds. The lowest BCUT2D eigenvalue weighted by atomic mass is 9.93. The monoisotopic (exact) mass is 525 g/mol. The Hall–Kier alpha value is -3.00. The quantitative estimate of drug-likeness (QED) is 0.135. The van der Waals surface area contributed by atoms with Crippen LogP contribution in [0.5, 0.6) is 0 Å². The van der Waals surface area contributed by atoms with Gasteiger partial charge in [0.15, 0.2) is 5.58 Å². The molecule has 37 heavy (non-hydrogen) atoms. The molecule has 0 unspecified atom stereocenters. The van der Waals surface area contributed by atoms with Gasteiger partial charge in [-0.25, -0.2) is 14.6 Å². The van der Waals surface area contributed by atoms with Crippen molar-refractivity contribution in [3.05, 3.63) is 53.1 Å². The summed E-state index contributed by atoms with van der Waals surface area (Å²) in [6, 6.07) is 11.4. The smallest absolute Gasteiger partial charge is 0.341 e. The summed E-state index contributed by atoms with van der Waals surface area (Å²) in [6.07, 6.45) is 5.27. The normalized spacial score (nSPS) is 11.3. The number of ether oxygens (including phenoxy) is 1. The molecule has 3 rings (SSSR count). The number of rotatable bonds is 13. The number of methoxy groups -OCH3 is 1. The van der Waals surface area contributed by atoms with Crippen molar-refractivity contribution in [2.75, 3.05) is 24.7 Å². The van der Waals surface area contributed by atoms with Crippen molar-refractivity contribution >= 4 is 40.5 Å². The SMILES string of the molecule is COC(=O)c1cccc2nc(SCCCCCCCNC(=O)Nc3c(C(C)C)cccc3C(C)C)oc12. The molecule has 1 heterocycles. The molecule has 0 aliphatic heterocycles. The maximum Gasteiger partial charge on any atom is 0.341 e. The number of carbonyl (C=O) groups is 2. The number of amides is 2. The van der Waals surface area contributed by atoms with Gasteiger partial charge in [-0.05, 0) is 47.9 Å². The van der Waals surface area contributed by atoms with Crippen LogP contribution >= 0.6 is 11.8 Å². The fourth-order valence-electron chi connectivity index (χ4n) is 4.23. The number of benzene rings is 2. The first-order valence-electron chi connectivity index (χ1n) is 13.1. The average molecular weight is 526 g/mol. The first kappa shape index (κ1) is 28.6. The van der Waals surface area contributed by atoms with E-state index in [0.29, 0.717) is 40.3 Å². The van der Waals surface area contributed by atoms with Gasteiger partial charge in [-0.15, -0.1) is 0 Å². The molecule has 0 aliphatic rings. The Kier molecular flexibility index (Phi) is 10.9. The molecule has 2 N–H and O–H groups in total. The molecule has 8 heteroatoms. The molecule has 0 aliphatic carbocycles. The van der Waals surface area contributed by atoms with Crippen LogP contribution in [0.2, 0.25) is 0 Å². The highest BCUT2D eigenvalue weighted by Gasteiger charge is 2.17. The predicted octanol–water partition coefficient (Wildman–Crippen LogP) is 7.73. The second kappa shape index (κ2) is 14.1. The Morgan fingerprint density at radius 2 is 1.59 bits per heavy atom. The van der Waals surface area contributed by atoms with Crippen molar-refractivity contribution in [1.29, 1.82) is 0 Å². The van der Waals surface area contributed by atoms with Crippen molar-refractivity contribution in [3.63, 3.8) is 0 Å². The third kappa shape index (κ3) is 7.99. The van der Waals surface area contributed by atoms with E-state index < -0.39 is 5.97 Å². The molecule has 0 radical (unpaired) electrons. The number of esters is 1. The molecule has 0 atom stereocenters. The van der Waals surface area contributed by atoms with E-state index >= 15 is 0 Å². The summed E-state index contributed by atoms with van der Waals surface area (Å²) < 4.78 is 10.6. The van der Waals surface area contributed by atoms with Crippen LogP contribution < -0.4 is 10.6 Å². The van der Waals surface area contributed by atoms with Gasteiger partial charge in [-0.3, -0.25) is 0 Å². The standard InChI is InChI=1S/C29H39N3O4S/c1-19(2)21-13-11-14-22(20(3)4)25(21)32-28(34)30-17-9-7-6-8-10-18-37-29-31-24-16-12-15-23(26(24)36-29)27(33)35-5/h11-16,19-20H,6-10,17-18H2,1-5H3,(H2,30,32,34). The topological polar surface area (TPSA) is 93.5 Å². The van der Waals surface area contributed by atoms with Crippen molar-refractivity contribution < 1.29 is 18.7 Å². The lowest BCUT2D eigenvalue weighted by molar-refractivity contribution is 0.0601. The second-order valence-electron chi connectivity index (χ2n) is 9.74. The van der Waals surface area contributed by atoms with E-state index in [4.69, 9.17) is 9.15 Å². The van der Waals surface area contributed by atoms with E-state index in [1.807, 2.05) is 6.07 Å². The van der Waals surface area contributed by atoms with Crippen LogP contribution in [-0.4, -0.2) is 36.4 Å². The molecule has 200 valence electrons. The van der Waals surface area contributed by atoms with Crippen LogP contribution in [0.3, 0.4) is 0 Å². The first-order chi connectivity index (χ1) is 17.8. The summed E-state index contributed by atoms with van der Waals surface area (Å²) in [4.78, 5) is 28.9. The minimum atomic E-state index is -0.425. The summed E-state index contributed by atoms with van der Waals surface area (Å²) in [5, 5.41) is 6.68. The Morgan fingerprint density at radius 1 is 0.946 bits per heavy atom. The molecule has 0 fully saturated rings. The molecular formula is C29H39N3O4S. The minimum Gasteiger partial charge on any atom is -0.465 e. The van der Waals surface area contributed by atoms with Crippen LogP contribution in [0.25, 0.3) is 11.1 Å². The number of nitrogens with one attached hydrogen (secondary N) is 2. The zero-order valence-electron chi connectivity index (χ0n) is 22.6. The third-order valence-electron chi connectivity index (χ3n) is 6.24. The fraction of sp³-hybridized carbons (Fsp3) is 0.483. The minimum absolute atomic E-state index is 0.139. The molecule has 0 spiro atoms. The van der Waals surface area contributed by atoms with E-state index in [-0.39, 0.29) is 6.03 Å². The fourth-order valence-corrected chi connectivity index (χ4v) is 5.06. The van der Waals surface area contributed by atoms with E-state index in [1.54, 1.807) is 23.9 Å². The van der Waals surface area contributed by atoms with Gasteiger partial charge >= 0.3 is 12.0 Å². The lowest BCUT2D eigenvalue weighted by Crippen LogP contribution is -2.30. The number of nitrogens with zero attached hydrogens (tertiary/aromatic N) is 1. The number of unbranched alkanes of at least 4 members (excludes halogenated alkanes) is 4. The van der Waals surface area contributed by atoms with Crippen molar-refractivity contribution in [2.24, 2.45) is 0 Å². The van der Waals surface area contributed by atoms with Crippen LogP contribution in [0, 0.1) is 0 Å². The van der Waals surface area contributed by atoms with Gasteiger partial charge in [0.2, 0.25) is 0 Å².